The first-order chi connectivity index (χ1) is 13.6. The summed E-state index contributed by atoms with van der Waals surface area (Å²) in [7, 11) is 0. The number of carbonyl (C=O) groups is 1. The third-order valence-electron chi connectivity index (χ3n) is 5.36. The molecule has 0 saturated heterocycles. The maximum absolute atomic E-state index is 13.4. The molecule has 0 bridgehead atoms. The molecule has 1 aliphatic heterocycles. The van der Waals surface area contributed by atoms with Gasteiger partial charge in [-0.3, -0.25) is 4.79 Å². The van der Waals surface area contributed by atoms with Crippen LogP contribution in [0.15, 0.2) is 78.9 Å². The highest BCUT2D eigenvalue weighted by atomic mass is 16.5. The van der Waals surface area contributed by atoms with E-state index in [2.05, 4.69) is 55.5 Å². The van der Waals surface area contributed by atoms with Crippen molar-refractivity contribution in [2.24, 2.45) is 0 Å². The zero-order valence-electron chi connectivity index (χ0n) is 16.3. The van der Waals surface area contributed by atoms with E-state index in [1.165, 1.54) is 16.7 Å². The Bertz CT molecular complexity index is 950. The SMILES string of the molecule is Cc1ccc([C@@H]2c3ccccc3CCN2C(=O)[C@H](C)Oc2ccccc2)cc1. The highest BCUT2D eigenvalue weighted by Gasteiger charge is 2.34. The summed E-state index contributed by atoms with van der Waals surface area (Å²) in [5.41, 5.74) is 4.87. The molecular formula is C25H25NO2. The van der Waals surface area contributed by atoms with Crippen molar-refractivity contribution in [3.8, 4) is 5.75 Å². The van der Waals surface area contributed by atoms with Gasteiger partial charge in [0.1, 0.15) is 5.75 Å². The van der Waals surface area contributed by atoms with Crippen LogP contribution in [0.3, 0.4) is 0 Å². The van der Waals surface area contributed by atoms with Gasteiger partial charge in [-0.25, -0.2) is 0 Å². The second-order valence-electron chi connectivity index (χ2n) is 7.37. The van der Waals surface area contributed by atoms with E-state index in [1.54, 1.807) is 0 Å². The first-order valence-electron chi connectivity index (χ1n) is 9.80. The first kappa shape index (κ1) is 18.3. The van der Waals surface area contributed by atoms with Crippen LogP contribution in [-0.2, 0) is 11.2 Å². The molecule has 3 heteroatoms. The second-order valence-corrected chi connectivity index (χ2v) is 7.37. The Morgan fingerprint density at radius 1 is 0.964 bits per heavy atom. The molecule has 0 fully saturated rings. The fourth-order valence-electron chi connectivity index (χ4n) is 3.90. The Morgan fingerprint density at radius 2 is 1.64 bits per heavy atom. The predicted molar refractivity (Wildman–Crippen MR) is 111 cm³/mol. The van der Waals surface area contributed by atoms with Crippen LogP contribution >= 0.6 is 0 Å². The van der Waals surface area contributed by atoms with Crippen molar-refractivity contribution in [2.75, 3.05) is 6.54 Å². The highest BCUT2D eigenvalue weighted by molar-refractivity contribution is 5.82. The molecule has 0 radical (unpaired) electrons. The Morgan fingerprint density at radius 3 is 2.39 bits per heavy atom. The summed E-state index contributed by atoms with van der Waals surface area (Å²) in [6.07, 6.45) is 0.322. The number of para-hydroxylation sites is 1. The van der Waals surface area contributed by atoms with Crippen molar-refractivity contribution in [1.82, 2.24) is 4.90 Å². The lowest BCUT2D eigenvalue weighted by molar-refractivity contribution is -0.140. The Balaban J connectivity index is 1.66. The van der Waals surface area contributed by atoms with E-state index in [0.717, 1.165) is 12.0 Å². The van der Waals surface area contributed by atoms with E-state index in [9.17, 15) is 4.79 Å². The number of fused-ring (bicyclic) bond motifs is 1. The minimum atomic E-state index is -0.541. The molecule has 4 rings (SSSR count). The number of hydrogen-bond donors (Lipinski definition) is 0. The van der Waals surface area contributed by atoms with Crippen LogP contribution in [0, 0.1) is 6.92 Å². The van der Waals surface area contributed by atoms with Crippen LogP contribution in [0.5, 0.6) is 5.75 Å². The van der Waals surface area contributed by atoms with E-state index in [4.69, 9.17) is 4.74 Å². The Kier molecular flexibility index (Phi) is 5.16. The molecule has 142 valence electrons. The molecule has 28 heavy (non-hydrogen) atoms. The predicted octanol–water partition coefficient (Wildman–Crippen LogP) is 4.94. The van der Waals surface area contributed by atoms with Crippen molar-refractivity contribution in [3.05, 3.63) is 101 Å². The molecule has 0 spiro atoms. The summed E-state index contributed by atoms with van der Waals surface area (Å²) in [5.74, 6) is 0.733. The van der Waals surface area contributed by atoms with Gasteiger partial charge in [-0.1, -0.05) is 72.3 Å². The molecule has 0 N–H and O–H groups in total. The Hall–Kier alpha value is -3.07. The summed E-state index contributed by atoms with van der Waals surface area (Å²) < 4.78 is 5.93. The number of rotatable bonds is 4. The van der Waals surface area contributed by atoms with E-state index in [-0.39, 0.29) is 11.9 Å². The van der Waals surface area contributed by atoms with Crippen LogP contribution in [0.25, 0.3) is 0 Å². The third kappa shape index (κ3) is 3.65. The summed E-state index contributed by atoms with van der Waals surface area (Å²) in [6, 6.07) is 26.4. The number of hydrogen-bond acceptors (Lipinski definition) is 2. The van der Waals surface area contributed by atoms with Gasteiger partial charge in [0.05, 0.1) is 6.04 Å². The molecule has 3 aromatic rings. The maximum atomic E-state index is 13.4. The normalized spacial score (nSPS) is 16.9. The van der Waals surface area contributed by atoms with Gasteiger partial charge in [-0.15, -0.1) is 0 Å². The van der Waals surface area contributed by atoms with Crippen molar-refractivity contribution in [2.45, 2.75) is 32.4 Å². The summed E-state index contributed by atoms with van der Waals surface area (Å²) >= 11 is 0. The first-order valence-corrected chi connectivity index (χ1v) is 9.80. The monoisotopic (exact) mass is 371 g/mol. The molecule has 0 aliphatic carbocycles. The number of amides is 1. The van der Waals surface area contributed by atoms with Crippen LogP contribution in [-0.4, -0.2) is 23.5 Å². The van der Waals surface area contributed by atoms with Crippen molar-refractivity contribution in [3.63, 3.8) is 0 Å². The average Bonchev–Trinajstić information content (AvgIpc) is 2.74. The van der Waals surface area contributed by atoms with E-state index >= 15 is 0 Å². The standard InChI is InChI=1S/C25H25NO2/c1-18-12-14-21(15-13-18)24-23-11-7-6-8-20(23)16-17-26(24)25(27)19(2)28-22-9-4-3-5-10-22/h3-15,19,24H,16-17H2,1-2H3/t19-,24+/m0/s1. The number of aryl methyl sites for hydroxylation is 1. The van der Waals surface area contributed by atoms with Crippen LogP contribution in [0.4, 0.5) is 0 Å². The largest absolute Gasteiger partial charge is 0.481 e. The number of ether oxygens (including phenoxy) is 1. The summed E-state index contributed by atoms with van der Waals surface area (Å²) in [6.45, 7) is 4.61. The zero-order valence-corrected chi connectivity index (χ0v) is 16.3. The molecule has 0 aromatic heterocycles. The quantitative estimate of drug-likeness (QED) is 0.650. The molecule has 3 nitrogen and oxygen atoms in total. The van der Waals surface area contributed by atoms with E-state index in [0.29, 0.717) is 12.3 Å². The topological polar surface area (TPSA) is 29.5 Å². The fraction of sp³-hybridized carbons (Fsp3) is 0.240. The molecule has 1 heterocycles. The lowest BCUT2D eigenvalue weighted by Gasteiger charge is -2.39. The van der Waals surface area contributed by atoms with Gasteiger partial charge < -0.3 is 9.64 Å². The van der Waals surface area contributed by atoms with Crippen LogP contribution in [0.1, 0.15) is 35.2 Å². The lowest BCUT2D eigenvalue weighted by atomic mass is 9.87. The lowest BCUT2D eigenvalue weighted by Crippen LogP contribution is -2.46. The molecular weight excluding hydrogens is 346 g/mol. The third-order valence-corrected chi connectivity index (χ3v) is 5.36. The minimum absolute atomic E-state index is 0.0175. The minimum Gasteiger partial charge on any atom is -0.481 e. The average molecular weight is 371 g/mol. The zero-order chi connectivity index (χ0) is 19.5. The molecule has 2 atom stereocenters. The molecule has 0 unspecified atom stereocenters. The van der Waals surface area contributed by atoms with E-state index < -0.39 is 6.10 Å². The Labute approximate surface area is 166 Å². The van der Waals surface area contributed by atoms with Gasteiger partial charge in [0.2, 0.25) is 0 Å². The fourth-order valence-corrected chi connectivity index (χ4v) is 3.90. The van der Waals surface area contributed by atoms with Crippen LogP contribution < -0.4 is 4.74 Å². The molecule has 3 aromatic carbocycles. The second kappa shape index (κ2) is 7.89. The summed E-state index contributed by atoms with van der Waals surface area (Å²) in [4.78, 5) is 15.3. The van der Waals surface area contributed by atoms with Gasteiger partial charge in [0.25, 0.3) is 5.91 Å². The van der Waals surface area contributed by atoms with Gasteiger partial charge >= 0.3 is 0 Å². The van der Waals surface area contributed by atoms with Crippen molar-refractivity contribution < 1.29 is 9.53 Å². The number of benzene rings is 3. The molecule has 1 amide bonds. The highest BCUT2D eigenvalue weighted by Crippen LogP contribution is 2.35. The molecule has 1 aliphatic rings. The van der Waals surface area contributed by atoms with Gasteiger partial charge in [-0.05, 0) is 49.1 Å². The van der Waals surface area contributed by atoms with Crippen LogP contribution in [0.2, 0.25) is 0 Å². The smallest absolute Gasteiger partial charge is 0.264 e. The number of carbonyl (C=O) groups excluding carboxylic acids is 1. The number of nitrogens with zero attached hydrogens (tertiary/aromatic N) is 1. The summed E-state index contributed by atoms with van der Waals surface area (Å²) in [5, 5.41) is 0. The maximum Gasteiger partial charge on any atom is 0.264 e. The van der Waals surface area contributed by atoms with Crippen molar-refractivity contribution in [1.29, 1.82) is 0 Å². The van der Waals surface area contributed by atoms with E-state index in [1.807, 2.05) is 42.2 Å². The van der Waals surface area contributed by atoms with Gasteiger partial charge in [0, 0.05) is 6.54 Å². The van der Waals surface area contributed by atoms with Gasteiger partial charge in [-0.2, -0.15) is 0 Å². The van der Waals surface area contributed by atoms with Crippen molar-refractivity contribution >= 4 is 5.91 Å². The molecule has 0 saturated carbocycles. The van der Waals surface area contributed by atoms with Gasteiger partial charge in [0.15, 0.2) is 6.10 Å².